The quantitative estimate of drug-likeness (QED) is 0.589. The summed E-state index contributed by atoms with van der Waals surface area (Å²) in [6.07, 6.45) is 4.82. The SMILES string of the molecule is CCNC(=NCCN(CC)C1CC1)N(C)Cc1cccn1C. The molecule has 1 aromatic heterocycles. The Labute approximate surface area is 135 Å². The molecular weight excluding hydrogens is 274 g/mol. The highest BCUT2D eigenvalue weighted by atomic mass is 15.3. The lowest BCUT2D eigenvalue weighted by atomic mass is 10.4. The van der Waals surface area contributed by atoms with Crippen LogP contribution in [0.5, 0.6) is 0 Å². The number of aromatic nitrogens is 1. The van der Waals surface area contributed by atoms with Crippen molar-refractivity contribution in [3.05, 3.63) is 24.0 Å². The molecule has 1 saturated carbocycles. The molecule has 124 valence electrons. The Bertz CT molecular complexity index is 475. The van der Waals surface area contributed by atoms with E-state index in [1.165, 1.54) is 18.5 Å². The summed E-state index contributed by atoms with van der Waals surface area (Å²) >= 11 is 0. The lowest BCUT2D eigenvalue weighted by Gasteiger charge is -2.23. The van der Waals surface area contributed by atoms with E-state index in [9.17, 15) is 0 Å². The maximum Gasteiger partial charge on any atom is 0.194 e. The van der Waals surface area contributed by atoms with Gasteiger partial charge in [0.2, 0.25) is 0 Å². The van der Waals surface area contributed by atoms with Crippen LogP contribution in [0.4, 0.5) is 0 Å². The van der Waals surface area contributed by atoms with Gasteiger partial charge in [-0.05, 0) is 38.4 Å². The first kappa shape index (κ1) is 16.9. The van der Waals surface area contributed by atoms with Crippen LogP contribution >= 0.6 is 0 Å². The highest BCUT2D eigenvalue weighted by Gasteiger charge is 2.27. The molecule has 0 bridgehead atoms. The van der Waals surface area contributed by atoms with Crippen molar-refractivity contribution in [2.24, 2.45) is 12.0 Å². The minimum absolute atomic E-state index is 0.823. The number of rotatable bonds is 8. The van der Waals surface area contributed by atoms with Crippen LogP contribution in [0.3, 0.4) is 0 Å². The molecule has 5 heteroatoms. The monoisotopic (exact) mass is 305 g/mol. The molecule has 0 saturated heterocycles. The Balaban J connectivity index is 1.89. The first-order valence-corrected chi connectivity index (χ1v) is 8.49. The van der Waals surface area contributed by atoms with Crippen molar-refractivity contribution in [2.75, 3.05) is 33.2 Å². The van der Waals surface area contributed by atoms with Crippen molar-refractivity contribution >= 4 is 5.96 Å². The second kappa shape index (κ2) is 8.22. The van der Waals surface area contributed by atoms with Gasteiger partial charge in [-0.15, -0.1) is 0 Å². The van der Waals surface area contributed by atoms with Crippen LogP contribution in [0.15, 0.2) is 23.3 Å². The number of aliphatic imine (C=N–C) groups is 1. The smallest absolute Gasteiger partial charge is 0.194 e. The second-order valence-corrected chi connectivity index (χ2v) is 6.06. The van der Waals surface area contributed by atoms with E-state index in [0.29, 0.717) is 0 Å². The van der Waals surface area contributed by atoms with Gasteiger partial charge in [0.1, 0.15) is 0 Å². The largest absolute Gasteiger partial charge is 0.357 e. The molecule has 2 rings (SSSR count). The van der Waals surface area contributed by atoms with Crippen LogP contribution in [-0.4, -0.2) is 59.6 Å². The normalized spacial score (nSPS) is 15.4. The summed E-state index contributed by atoms with van der Waals surface area (Å²) in [7, 11) is 4.19. The first-order valence-electron chi connectivity index (χ1n) is 8.49. The number of nitrogens with zero attached hydrogens (tertiary/aromatic N) is 4. The molecule has 0 spiro atoms. The van der Waals surface area contributed by atoms with E-state index in [-0.39, 0.29) is 0 Å². The zero-order valence-corrected chi connectivity index (χ0v) is 14.5. The van der Waals surface area contributed by atoms with Crippen molar-refractivity contribution in [3.63, 3.8) is 0 Å². The molecular formula is C17H31N5. The van der Waals surface area contributed by atoms with Crippen molar-refractivity contribution in [1.29, 1.82) is 0 Å². The lowest BCUT2D eigenvalue weighted by Crippen LogP contribution is -2.39. The third kappa shape index (κ3) is 4.77. The third-order valence-electron chi connectivity index (χ3n) is 4.27. The minimum atomic E-state index is 0.823. The van der Waals surface area contributed by atoms with Gasteiger partial charge in [-0.25, -0.2) is 0 Å². The summed E-state index contributed by atoms with van der Waals surface area (Å²) in [5.74, 6) is 0.996. The number of nitrogens with one attached hydrogen (secondary N) is 1. The molecule has 0 amide bonds. The number of guanidine groups is 1. The molecule has 5 nitrogen and oxygen atoms in total. The topological polar surface area (TPSA) is 35.8 Å². The van der Waals surface area contributed by atoms with Gasteiger partial charge in [-0.2, -0.15) is 0 Å². The van der Waals surface area contributed by atoms with Crippen molar-refractivity contribution in [3.8, 4) is 0 Å². The summed E-state index contributed by atoms with van der Waals surface area (Å²) < 4.78 is 2.16. The molecule has 0 atom stereocenters. The molecule has 0 aromatic carbocycles. The van der Waals surface area contributed by atoms with E-state index < -0.39 is 0 Å². The van der Waals surface area contributed by atoms with Gasteiger partial charge in [0, 0.05) is 45.1 Å². The summed E-state index contributed by atoms with van der Waals surface area (Å²) in [6.45, 7) is 9.20. The van der Waals surface area contributed by atoms with E-state index in [1.54, 1.807) is 0 Å². The Morgan fingerprint density at radius 1 is 1.41 bits per heavy atom. The van der Waals surface area contributed by atoms with E-state index >= 15 is 0 Å². The van der Waals surface area contributed by atoms with Gasteiger partial charge >= 0.3 is 0 Å². The number of hydrogen-bond acceptors (Lipinski definition) is 2. The lowest BCUT2D eigenvalue weighted by molar-refractivity contribution is 0.285. The van der Waals surface area contributed by atoms with E-state index in [4.69, 9.17) is 4.99 Å². The van der Waals surface area contributed by atoms with Gasteiger partial charge in [0.25, 0.3) is 0 Å². The summed E-state index contributed by atoms with van der Waals surface area (Å²) in [5, 5.41) is 3.40. The molecule has 0 radical (unpaired) electrons. The van der Waals surface area contributed by atoms with Crippen LogP contribution in [-0.2, 0) is 13.6 Å². The van der Waals surface area contributed by atoms with Gasteiger partial charge < -0.3 is 14.8 Å². The first-order chi connectivity index (χ1) is 10.7. The fourth-order valence-corrected chi connectivity index (χ4v) is 2.77. The summed E-state index contributed by atoms with van der Waals surface area (Å²) in [4.78, 5) is 9.55. The second-order valence-electron chi connectivity index (χ2n) is 6.06. The molecule has 1 heterocycles. The van der Waals surface area contributed by atoms with Gasteiger partial charge in [0.15, 0.2) is 5.96 Å². The fraction of sp³-hybridized carbons (Fsp3) is 0.706. The van der Waals surface area contributed by atoms with Gasteiger partial charge in [-0.3, -0.25) is 9.89 Å². The molecule has 1 fully saturated rings. The molecule has 1 N–H and O–H groups in total. The Morgan fingerprint density at radius 3 is 2.73 bits per heavy atom. The predicted octanol–water partition coefficient (Wildman–Crippen LogP) is 1.91. The molecule has 0 unspecified atom stereocenters. The van der Waals surface area contributed by atoms with Crippen LogP contribution < -0.4 is 5.32 Å². The Kier molecular flexibility index (Phi) is 6.31. The van der Waals surface area contributed by atoms with Crippen LogP contribution in [0, 0.1) is 0 Å². The fourth-order valence-electron chi connectivity index (χ4n) is 2.77. The third-order valence-corrected chi connectivity index (χ3v) is 4.27. The Morgan fingerprint density at radius 2 is 2.18 bits per heavy atom. The maximum absolute atomic E-state index is 4.80. The Hall–Kier alpha value is -1.49. The molecule has 1 aliphatic carbocycles. The van der Waals surface area contributed by atoms with E-state index in [1.807, 2.05) is 0 Å². The molecule has 1 aromatic rings. The van der Waals surface area contributed by atoms with Crippen molar-refractivity contribution < 1.29 is 0 Å². The predicted molar refractivity (Wildman–Crippen MR) is 93.1 cm³/mol. The molecule has 22 heavy (non-hydrogen) atoms. The summed E-state index contributed by atoms with van der Waals surface area (Å²) in [5.41, 5.74) is 1.29. The van der Waals surface area contributed by atoms with E-state index in [0.717, 1.165) is 44.7 Å². The average molecular weight is 305 g/mol. The number of hydrogen-bond donors (Lipinski definition) is 1. The highest BCUT2D eigenvalue weighted by molar-refractivity contribution is 5.79. The van der Waals surface area contributed by atoms with Gasteiger partial charge in [-0.1, -0.05) is 6.92 Å². The van der Waals surface area contributed by atoms with Gasteiger partial charge in [0.05, 0.1) is 13.1 Å². The van der Waals surface area contributed by atoms with E-state index in [2.05, 4.69) is 66.0 Å². The molecule has 0 aliphatic heterocycles. The average Bonchev–Trinajstić information content (AvgIpc) is 3.27. The molecule has 1 aliphatic rings. The maximum atomic E-state index is 4.80. The zero-order chi connectivity index (χ0) is 15.9. The van der Waals surface area contributed by atoms with Crippen LogP contribution in [0.2, 0.25) is 0 Å². The number of likely N-dealkylation sites (N-methyl/N-ethyl adjacent to an activating group) is 1. The highest BCUT2D eigenvalue weighted by Crippen LogP contribution is 2.25. The van der Waals surface area contributed by atoms with Crippen molar-refractivity contribution in [1.82, 2.24) is 19.7 Å². The number of aryl methyl sites for hydroxylation is 1. The van der Waals surface area contributed by atoms with Crippen molar-refractivity contribution in [2.45, 2.75) is 39.3 Å². The zero-order valence-electron chi connectivity index (χ0n) is 14.5. The summed E-state index contributed by atoms with van der Waals surface area (Å²) in [6, 6.07) is 5.07. The standard InChI is InChI=1S/C17H31N5/c1-5-18-17(19-11-13-22(6-2)15-9-10-15)21(4)14-16-8-7-12-20(16)3/h7-8,12,15H,5-6,9-11,13-14H2,1-4H3,(H,18,19). The van der Waals surface area contributed by atoms with Crippen LogP contribution in [0.25, 0.3) is 0 Å². The minimum Gasteiger partial charge on any atom is -0.357 e. The van der Waals surface area contributed by atoms with Crippen LogP contribution in [0.1, 0.15) is 32.4 Å².